The van der Waals surface area contributed by atoms with Gasteiger partial charge in [0.25, 0.3) is 0 Å². The Morgan fingerprint density at radius 1 is 0.895 bits per heavy atom. The molecule has 0 atom stereocenters. The predicted octanol–water partition coefficient (Wildman–Crippen LogP) is 4.61. The first-order chi connectivity index (χ1) is 9.19. The van der Waals surface area contributed by atoms with Gasteiger partial charge in [-0.1, -0.05) is 19.1 Å². The van der Waals surface area contributed by atoms with Crippen LogP contribution in [-0.2, 0) is 12.8 Å². The van der Waals surface area contributed by atoms with E-state index in [0.717, 1.165) is 30.4 Å². The smallest absolute Gasteiger partial charge is 0.123 e. The Kier molecular flexibility index (Phi) is 3.09. The monoisotopic (exact) mass is 258 g/mol. The van der Waals surface area contributed by atoms with Crippen molar-refractivity contribution in [2.24, 2.45) is 0 Å². The molecular weight excluding hydrogens is 242 g/mol. The Balaban J connectivity index is 2.17. The molecule has 19 heavy (non-hydrogen) atoms. The molecule has 0 saturated carbocycles. The van der Waals surface area contributed by atoms with Crippen molar-refractivity contribution >= 4 is 0 Å². The molecule has 1 aliphatic rings. The van der Waals surface area contributed by atoms with Crippen LogP contribution in [0.5, 0.6) is 0 Å². The van der Waals surface area contributed by atoms with Crippen LogP contribution in [-0.4, -0.2) is 0 Å². The lowest BCUT2D eigenvalue weighted by atomic mass is 9.86. The molecule has 98 valence electrons. The van der Waals surface area contributed by atoms with Crippen LogP contribution in [0.25, 0.3) is 0 Å². The number of halogens is 2. The minimum Gasteiger partial charge on any atom is -0.207 e. The third-order valence-corrected chi connectivity index (χ3v) is 4.03. The maximum absolute atomic E-state index is 13.4. The lowest BCUT2D eigenvalue weighted by Gasteiger charge is -2.18. The molecule has 0 fully saturated rings. The number of hydrogen-bond acceptors (Lipinski definition) is 0. The molecule has 2 aromatic rings. The first-order valence-electron chi connectivity index (χ1n) is 6.75. The molecule has 1 aliphatic carbocycles. The number of benzene rings is 2. The number of fused-ring (bicyclic) bond motifs is 2. The van der Waals surface area contributed by atoms with E-state index < -0.39 is 0 Å². The van der Waals surface area contributed by atoms with Crippen molar-refractivity contribution in [3.8, 4) is 0 Å². The maximum atomic E-state index is 13.4. The van der Waals surface area contributed by atoms with Gasteiger partial charge in [0, 0.05) is 5.92 Å². The van der Waals surface area contributed by atoms with Crippen molar-refractivity contribution in [3.63, 3.8) is 0 Å². The molecule has 0 radical (unpaired) electrons. The van der Waals surface area contributed by atoms with Gasteiger partial charge in [-0.05, 0) is 65.8 Å². The Bertz CT molecular complexity index is 563. The van der Waals surface area contributed by atoms with Gasteiger partial charge in [-0.2, -0.15) is 0 Å². The second-order valence-corrected chi connectivity index (χ2v) is 5.15. The average molecular weight is 258 g/mol. The van der Waals surface area contributed by atoms with Crippen LogP contribution in [0.2, 0.25) is 0 Å². The molecule has 2 aromatic carbocycles. The Morgan fingerprint density at radius 3 is 1.79 bits per heavy atom. The summed E-state index contributed by atoms with van der Waals surface area (Å²) in [6.45, 7) is 2.12. The first kappa shape index (κ1) is 12.3. The van der Waals surface area contributed by atoms with Crippen molar-refractivity contribution in [1.82, 2.24) is 0 Å². The fourth-order valence-electron chi connectivity index (χ4n) is 3.14. The lowest BCUT2D eigenvalue weighted by molar-refractivity contribution is 0.623. The van der Waals surface area contributed by atoms with Gasteiger partial charge in [0.2, 0.25) is 0 Å². The van der Waals surface area contributed by atoms with Crippen LogP contribution in [0.15, 0.2) is 36.4 Å². The summed E-state index contributed by atoms with van der Waals surface area (Å²) < 4.78 is 26.8. The Hall–Kier alpha value is -1.70. The van der Waals surface area contributed by atoms with Crippen LogP contribution in [0.1, 0.15) is 41.5 Å². The molecule has 0 bridgehead atoms. The molecule has 0 unspecified atom stereocenters. The summed E-state index contributed by atoms with van der Waals surface area (Å²) in [7, 11) is 0. The zero-order valence-electron chi connectivity index (χ0n) is 10.9. The number of rotatable bonds is 1. The normalized spacial score (nSPS) is 14.7. The van der Waals surface area contributed by atoms with Gasteiger partial charge < -0.3 is 0 Å². The summed E-state index contributed by atoms with van der Waals surface area (Å²) >= 11 is 0. The van der Waals surface area contributed by atoms with E-state index in [9.17, 15) is 8.78 Å². The SMILES string of the molecule is CCC1c2ccc(F)cc2CCc2cc(F)ccc21. The van der Waals surface area contributed by atoms with E-state index in [1.807, 2.05) is 12.1 Å². The van der Waals surface area contributed by atoms with E-state index in [4.69, 9.17) is 0 Å². The zero-order chi connectivity index (χ0) is 13.4. The van der Waals surface area contributed by atoms with Crippen LogP contribution in [0.4, 0.5) is 8.78 Å². The molecule has 0 amide bonds. The van der Waals surface area contributed by atoms with Gasteiger partial charge in [-0.25, -0.2) is 8.78 Å². The predicted molar refractivity (Wildman–Crippen MR) is 72.3 cm³/mol. The summed E-state index contributed by atoms with van der Waals surface area (Å²) in [5.41, 5.74) is 4.50. The molecular formula is C17H16F2. The zero-order valence-corrected chi connectivity index (χ0v) is 10.9. The van der Waals surface area contributed by atoms with E-state index in [2.05, 4.69) is 6.92 Å². The highest BCUT2D eigenvalue weighted by Crippen LogP contribution is 2.36. The van der Waals surface area contributed by atoms with Crippen molar-refractivity contribution in [1.29, 1.82) is 0 Å². The number of aryl methyl sites for hydroxylation is 2. The average Bonchev–Trinajstić information content (AvgIpc) is 2.54. The van der Waals surface area contributed by atoms with E-state index in [-0.39, 0.29) is 17.6 Å². The molecule has 0 saturated heterocycles. The summed E-state index contributed by atoms with van der Waals surface area (Å²) in [4.78, 5) is 0. The minimum absolute atomic E-state index is 0.189. The summed E-state index contributed by atoms with van der Waals surface area (Å²) in [5.74, 6) is -0.134. The van der Waals surface area contributed by atoms with Crippen LogP contribution in [0.3, 0.4) is 0 Å². The third kappa shape index (κ3) is 2.16. The van der Waals surface area contributed by atoms with Crippen LogP contribution >= 0.6 is 0 Å². The van der Waals surface area contributed by atoms with E-state index in [0.29, 0.717) is 0 Å². The quantitative estimate of drug-likeness (QED) is 0.701. The molecule has 0 nitrogen and oxygen atoms in total. The van der Waals surface area contributed by atoms with Crippen molar-refractivity contribution < 1.29 is 8.78 Å². The standard InChI is InChI=1S/C17H16F2/c1-2-15-16-7-5-13(18)9-11(16)3-4-12-10-14(19)6-8-17(12)15/h5-10,15H,2-4H2,1H3. The third-order valence-electron chi connectivity index (χ3n) is 4.03. The fourth-order valence-corrected chi connectivity index (χ4v) is 3.14. The fraction of sp³-hybridized carbons (Fsp3) is 0.294. The van der Waals surface area contributed by atoms with Crippen LogP contribution < -0.4 is 0 Å². The van der Waals surface area contributed by atoms with Gasteiger partial charge in [-0.15, -0.1) is 0 Å². The van der Waals surface area contributed by atoms with E-state index in [1.54, 1.807) is 12.1 Å². The van der Waals surface area contributed by atoms with Crippen LogP contribution in [0, 0.1) is 11.6 Å². The molecule has 0 heterocycles. The second-order valence-electron chi connectivity index (χ2n) is 5.15. The highest BCUT2D eigenvalue weighted by molar-refractivity contribution is 5.45. The van der Waals surface area contributed by atoms with Gasteiger partial charge in [0.15, 0.2) is 0 Å². The van der Waals surface area contributed by atoms with Gasteiger partial charge in [0.1, 0.15) is 11.6 Å². The molecule has 0 N–H and O–H groups in total. The minimum atomic E-state index is -0.189. The largest absolute Gasteiger partial charge is 0.207 e. The second kappa shape index (κ2) is 4.76. The first-order valence-corrected chi connectivity index (χ1v) is 6.75. The van der Waals surface area contributed by atoms with Crippen molar-refractivity contribution in [3.05, 3.63) is 70.3 Å². The van der Waals surface area contributed by atoms with E-state index >= 15 is 0 Å². The van der Waals surface area contributed by atoms with Gasteiger partial charge >= 0.3 is 0 Å². The molecule has 0 spiro atoms. The molecule has 3 rings (SSSR count). The molecule has 0 aliphatic heterocycles. The molecule has 2 heteroatoms. The highest BCUT2D eigenvalue weighted by Gasteiger charge is 2.22. The topological polar surface area (TPSA) is 0 Å². The summed E-state index contributed by atoms with van der Waals surface area (Å²) in [6.07, 6.45) is 2.50. The highest BCUT2D eigenvalue weighted by atomic mass is 19.1. The number of hydrogen-bond donors (Lipinski definition) is 0. The summed E-state index contributed by atoms with van der Waals surface area (Å²) in [6, 6.07) is 10.1. The van der Waals surface area contributed by atoms with E-state index in [1.165, 1.54) is 23.3 Å². The maximum Gasteiger partial charge on any atom is 0.123 e. The molecule has 0 aromatic heterocycles. The van der Waals surface area contributed by atoms with Gasteiger partial charge in [-0.3, -0.25) is 0 Å². The van der Waals surface area contributed by atoms with Crippen molar-refractivity contribution in [2.75, 3.05) is 0 Å². The lowest BCUT2D eigenvalue weighted by Crippen LogP contribution is -2.03. The Morgan fingerprint density at radius 2 is 1.37 bits per heavy atom. The van der Waals surface area contributed by atoms with Gasteiger partial charge in [0.05, 0.1) is 0 Å². The Labute approximate surface area is 112 Å². The van der Waals surface area contributed by atoms with Crippen molar-refractivity contribution in [2.45, 2.75) is 32.1 Å². The summed E-state index contributed by atoms with van der Waals surface area (Å²) in [5, 5.41) is 0.